The van der Waals surface area contributed by atoms with Gasteiger partial charge in [-0.3, -0.25) is 4.79 Å². The molecule has 0 radical (unpaired) electrons. The number of nitrogens with zero attached hydrogens (tertiary/aromatic N) is 4. The minimum Gasteiger partial charge on any atom is -0.484 e. The van der Waals surface area contributed by atoms with E-state index in [2.05, 4.69) is 16.5 Å². The lowest BCUT2D eigenvalue weighted by Gasteiger charge is -2.17. The number of benzene rings is 1. The predicted molar refractivity (Wildman–Crippen MR) is 88.9 cm³/mol. The number of carbonyl (C=O) groups excluding carboxylic acids is 1. The molecule has 1 aromatic heterocycles. The predicted octanol–water partition coefficient (Wildman–Crippen LogP) is 2.32. The van der Waals surface area contributed by atoms with Crippen molar-refractivity contribution in [1.82, 2.24) is 19.9 Å². The lowest BCUT2D eigenvalue weighted by molar-refractivity contribution is -0.132. The van der Waals surface area contributed by atoms with E-state index in [1.807, 2.05) is 40.8 Å². The van der Waals surface area contributed by atoms with Crippen LogP contribution in [-0.2, 0) is 4.79 Å². The Morgan fingerprint density at radius 2 is 2.12 bits per heavy atom. The van der Waals surface area contributed by atoms with Crippen LogP contribution in [0, 0.1) is 6.92 Å². The lowest BCUT2D eigenvalue weighted by Crippen LogP contribution is -2.33. The third-order valence-corrected chi connectivity index (χ3v) is 4.86. The van der Waals surface area contributed by atoms with Crippen molar-refractivity contribution in [3.63, 3.8) is 0 Å². The Morgan fingerprint density at radius 1 is 1.29 bits per heavy atom. The molecule has 24 heavy (non-hydrogen) atoms. The largest absolute Gasteiger partial charge is 0.484 e. The summed E-state index contributed by atoms with van der Waals surface area (Å²) in [5.41, 5.74) is 2.14. The second-order valence-electron chi connectivity index (χ2n) is 6.73. The fourth-order valence-corrected chi connectivity index (χ4v) is 3.17. The third kappa shape index (κ3) is 3.13. The number of hydrogen-bond donors (Lipinski definition) is 0. The molecule has 1 atom stereocenters. The topological polar surface area (TPSA) is 60.2 Å². The molecule has 1 aromatic carbocycles. The molecule has 1 aliphatic carbocycles. The smallest absolute Gasteiger partial charge is 0.260 e. The summed E-state index contributed by atoms with van der Waals surface area (Å²) < 4.78 is 7.60. The van der Waals surface area contributed by atoms with E-state index in [0.29, 0.717) is 12.5 Å². The first-order valence-corrected chi connectivity index (χ1v) is 8.58. The van der Waals surface area contributed by atoms with Gasteiger partial charge in [0.15, 0.2) is 6.61 Å². The number of aromatic nitrogens is 3. The van der Waals surface area contributed by atoms with Crippen molar-refractivity contribution in [3.05, 3.63) is 41.7 Å². The highest BCUT2D eigenvalue weighted by Gasteiger charge is 2.31. The van der Waals surface area contributed by atoms with Crippen LogP contribution in [0.25, 0.3) is 0 Å². The van der Waals surface area contributed by atoms with E-state index in [-0.39, 0.29) is 18.6 Å². The number of ether oxygens (including phenoxy) is 1. The first-order chi connectivity index (χ1) is 11.7. The van der Waals surface area contributed by atoms with Crippen LogP contribution in [0.2, 0.25) is 0 Å². The molecule has 2 heterocycles. The highest BCUT2D eigenvalue weighted by Crippen LogP contribution is 2.39. The molecule has 6 heteroatoms. The second kappa shape index (κ2) is 6.26. The molecule has 1 amide bonds. The molecule has 0 spiro atoms. The van der Waals surface area contributed by atoms with E-state index in [0.717, 1.165) is 30.0 Å². The molecule has 1 saturated carbocycles. The lowest BCUT2D eigenvalue weighted by atomic mass is 10.2. The molecule has 4 rings (SSSR count). The van der Waals surface area contributed by atoms with E-state index in [1.54, 1.807) is 0 Å². The fraction of sp³-hybridized carbons (Fsp3) is 0.500. The van der Waals surface area contributed by atoms with E-state index in [1.165, 1.54) is 12.8 Å². The molecule has 0 N–H and O–H groups in total. The fourth-order valence-electron chi connectivity index (χ4n) is 3.17. The number of aryl methyl sites for hydroxylation is 1. The molecule has 126 valence electrons. The Kier molecular flexibility index (Phi) is 3.96. The van der Waals surface area contributed by atoms with Gasteiger partial charge in [0.05, 0.1) is 11.7 Å². The van der Waals surface area contributed by atoms with Crippen LogP contribution < -0.4 is 4.74 Å². The van der Waals surface area contributed by atoms with Gasteiger partial charge in [-0.05, 0) is 37.8 Å². The molecule has 0 bridgehead atoms. The van der Waals surface area contributed by atoms with Crippen LogP contribution in [-0.4, -0.2) is 45.5 Å². The number of hydrogen-bond acceptors (Lipinski definition) is 4. The molecule has 2 aliphatic rings. The minimum absolute atomic E-state index is 0.0308. The number of amides is 1. The van der Waals surface area contributed by atoms with E-state index >= 15 is 0 Å². The second-order valence-corrected chi connectivity index (χ2v) is 6.73. The molecule has 2 fully saturated rings. The summed E-state index contributed by atoms with van der Waals surface area (Å²) in [6.07, 6.45) is 5.43. The quantitative estimate of drug-likeness (QED) is 0.846. The Hall–Kier alpha value is -2.37. The van der Waals surface area contributed by atoms with Gasteiger partial charge >= 0.3 is 0 Å². The van der Waals surface area contributed by atoms with Crippen LogP contribution in [0.15, 0.2) is 30.5 Å². The first kappa shape index (κ1) is 15.2. The van der Waals surface area contributed by atoms with Crippen molar-refractivity contribution in [1.29, 1.82) is 0 Å². The van der Waals surface area contributed by atoms with Gasteiger partial charge in [0, 0.05) is 25.2 Å². The number of carbonyl (C=O) groups is 1. The maximum Gasteiger partial charge on any atom is 0.260 e. The molecule has 1 saturated heterocycles. The summed E-state index contributed by atoms with van der Waals surface area (Å²) in [7, 11) is 0. The summed E-state index contributed by atoms with van der Waals surface area (Å²) in [6, 6.07) is 7.98. The molecule has 2 aromatic rings. The van der Waals surface area contributed by atoms with Gasteiger partial charge in [-0.15, -0.1) is 5.10 Å². The Bertz CT molecular complexity index is 738. The van der Waals surface area contributed by atoms with Gasteiger partial charge in [0.25, 0.3) is 5.91 Å². The number of likely N-dealkylation sites (tertiary alicyclic amines) is 1. The van der Waals surface area contributed by atoms with Crippen molar-refractivity contribution in [2.24, 2.45) is 0 Å². The zero-order valence-corrected chi connectivity index (χ0v) is 13.9. The van der Waals surface area contributed by atoms with Crippen molar-refractivity contribution in [3.8, 4) is 5.75 Å². The van der Waals surface area contributed by atoms with E-state index in [4.69, 9.17) is 4.74 Å². The summed E-state index contributed by atoms with van der Waals surface area (Å²) >= 11 is 0. The van der Waals surface area contributed by atoms with Gasteiger partial charge in [-0.2, -0.15) is 0 Å². The zero-order valence-electron chi connectivity index (χ0n) is 13.9. The van der Waals surface area contributed by atoms with Crippen molar-refractivity contribution in [2.45, 2.75) is 38.1 Å². The highest BCUT2D eigenvalue weighted by molar-refractivity contribution is 5.78. The van der Waals surface area contributed by atoms with Gasteiger partial charge in [-0.1, -0.05) is 23.4 Å². The number of rotatable bonds is 5. The van der Waals surface area contributed by atoms with Crippen LogP contribution in [0.5, 0.6) is 5.75 Å². The normalized spacial score (nSPS) is 20.4. The summed E-state index contributed by atoms with van der Waals surface area (Å²) in [5.74, 6) is 1.41. The average molecular weight is 326 g/mol. The summed E-state index contributed by atoms with van der Waals surface area (Å²) in [4.78, 5) is 14.2. The Labute approximate surface area is 141 Å². The van der Waals surface area contributed by atoms with Crippen LogP contribution >= 0.6 is 0 Å². The first-order valence-electron chi connectivity index (χ1n) is 8.58. The zero-order chi connectivity index (χ0) is 16.5. The summed E-state index contributed by atoms with van der Waals surface area (Å²) in [6.45, 7) is 3.50. The Balaban J connectivity index is 1.32. The maximum absolute atomic E-state index is 12.4. The van der Waals surface area contributed by atoms with Crippen LogP contribution in [0.3, 0.4) is 0 Å². The van der Waals surface area contributed by atoms with Crippen LogP contribution in [0.1, 0.15) is 42.5 Å². The third-order valence-electron chi connectivity index (χ3n) is 4.86. The van der Waals surface area contributed by atoms with Crippen molar-refractivity contribution in [2.75, 3.05) is 19.7 Å². The summed E-state index contributed by atoms with van der Waals surface area (Å²) in [5, 5.41) is 8.52. The number of para-hydroxylation sites is 1. The van der Waals surface area contributed by atoms with Gasteiger partial charge in [0.2, 0.25) is 0 Å². The monoisotopic (exact) mass is 326 g/mol. The molecular formula is C18H22N4O2. The van der Waals surface area contributed by atoms with E-state index < -0.39 is 0 Å². The van der Waals surface area contributed by atoms with Gasteiger partial charge in [-0.25, -0.2) is 4.68 Å². The minimum atomic E-state index is 0.0308. The van der Waals surface area contributed by atoms with Gasteiger partial charge < -0.3 is 9.64 Å². The van der Waals surface area contributed by atoms with Crippen LogP contribution in [0.4, 0.5) is 0 Å². The molecular weight excluding hydrogens is 304 g/mol. The molecule has 1 aliphatic heterocycles. The molecule has 0 unspecified atom stereocenters. The maximum atomic E-state index is 12.4. The highest BCUT2D eigenvalue weighted by atomic mass is 16.5. The van der Waals surface area contributed by atoms with E-state index in [9.17, 15) is 4.79 Å². The average Bonchev–Trinajstić information content (AvgIpc) is 3.12. The molecule has 6 nitrogen and oxygen atoms in total. The van der Waals surface area contributed by atoms with Gasteiger partial charge in [0.1, 0.15) is 5.75 Å². The van der Waals surface area contributed by atoms with Crippen molar-refractivity contribution >= 4 is 5.91 Å². The SMILES string of the molecule is Cc1ccccc1OCC(=O)N1CC[C@@H](n2cc(C3CC3)nn2)C1. The Morgan fingerprint density at radius 3 is 2.92 bits per heavy atom. The standard InChI is InChI=1S/C18H22N4O2/c1-13-4-2-3-5-17(13)24-12-18(23)21-9-8-15(10-21)22-11-16(19-20-22)14-6-7-14/h2-5,11,14-15H,6-10,12H2,1H3/t15-/m1/s1. The van der Waals surface area contributed by atoms with Crippen molar-refractivity contribution < 1.29 is 9.53 Å².